The molecular weight excluding hydrogens is 236 g/mol. The van der Waals surface area contributed by atoms with E-state index < -0.39 is 0 Å². The van der Waals surface area contributed by atoms with E-state index in [2.05, 4.69) is 30.1 Å². The van der Waals surface area contributed by atoms with Gasteiger partial charge in [0, 0.05) is 18.6 Å². The van der Waals surface area contributed by atoms with Gasteiger partial charge in [-0.1, -0.05) is 19.1 Å². The van der Waals surface area contributed by atoms with Crippen LogP contribution in [0.2, 0.25) is 0 Å². The quantitative estimate of drug-likeness (QED) is 0.856. The van der Waals surface area contributed by atoms with Crippen molar-refractivity contribution in [3.05, 3.63) is 29.8 Å². The molecular formula is C16H26N2O. The summed E-state index contributed by atoms with van der Waals surface area (Å²) in [6, 6.07) is 8.66. The van der Waals surface area contributed by atoms with Gasteiger partial charge in [0.15, 0.2) is 0 Å². The third-order valence-corrected chi connectivity index (χ3v) is 4.07. The number of benzene rings is 1. The molecule has 2 atom stereocenters. The molecule has 1 fully saturated rings. The van der Waals surface area contributed by atoms with E-state index in [1.807, 2.05) is 12.1 Å². The maximum absolute atomic E-state index is 9.65. The first-order chi connectivity index (χ1) is 9.22. The molecule has 19 heavy (non-hydrogen) atoms. The largest absolute Gasteiger partial charge is 0.508 e. The van der Waals surface area contributed by atoms with E-state index in [0.717, 1.165) is 19.6 Å². The minimum atomic E-state index is 0.358. The molecule has 0 saturated carbocycles. The average molecular weight is 262 g/mol. The molecule has 0 aromatic heterocycles. The zero-order valence-corrected chi connectivity index (χ0v) is 12.1. The Morgan fingerprint density at radius 2 is 2.32 bits per heavy atom. The van der Waals surface area contributed by atoms with Crippen LogP contribution in [0.25, 0.3) is 0 Å². The van der Waals surface area contributed by atoms with Crippen LogP contribution in [-0.4, -0.2) is 35.7 Å². The average Bonchev–Trinajstić information content (AvgIpc) is 2.45. The lowest BCUT2D eigenvalue weighted by atomic mass is 10.00. The molecule has 2 unspecified atom stereocenters. The molecule has 1 heterocycles. The van der Waals surface area contributed by atoms with E-state index in [1.54, 1.807) is 6.07 Å². The SMILES string of the molecule is CCCN(C1CCCNC1)C(C)c1cccc(O)c1. The summed E-state index contributed by atoms with van der Waals surface area (Å²) in [5.41, 5.74) is 1.21. The van der Waals surface area contributed by atoms with Gasteiger partial charge in [-0.15, -0.1) is 0 Å². The first-order valence-corrected chi connectivity index (χ1v) is 7.47. The van der Waals surface area contributed by atoms with Crippen molar-refractivity contribution in [2.45, 2.75) is 45.2 Å². The number of phenols is 1. The predicted molar refractivity (Wildman–Crippen MR) is 79.4 cm³/mol. The Morgan fingerprint density at radius 3 is 2.95 bits per heavy atom. The zero-order valence-electron chi connectivity index (χ0n) is 12.1. The molecule has 1 aliphatic heterocycles. The topological polar surface area (TPSA) is 35.5 Å². The van der Waals surface area contributed by atoms with Gasteiger partial charge >= 0.3 is 0 Å². The van der Waals surface area contributed by atoms with Gasteiger partial charge < -0.3 is 10.4 Å². The highest BCUT2D eigenvalue weighted by atomic mass is 16.3. The van der Waals surface area contributed by atoms with Crippen molar-refractivity contribution in [1.29, 1.82) is 0 Å². The van der Waals surface area contributed by atoms with Crippen LogP contribution >= 0.6 is 0 Å². The maximum atomic E-state index is 9.65. The van der Waals surface area contributed by atoms with Crippen LogP contribution in [0.4, 0.5) is 0 Å². The van der Waals surface area contributed by atoms with Gasteiger partial charge in [0.25, 0.3) is 0 Å². The highest BCUT2D eigenvalue weighted by Crippen LogP contribution is 2.27. The molecule has 106 valence electrons. The monoisotopic (exact) mass is 262 g/mol. The predicted octanol–water partition coefficient (Wildman–Crippen LogP) is 2.92. The van der Waals surface area contributed by atoms with Crippen LogP contribution in [0.3, 0.4) is 0 Å². The zero-order chi connectivity index (χ0) is 13.7. The standard InChI is InChI=1S/C16H26N2O/c1-3-10-18(15-7-5-9-17-12-15)13(2)14-6-4-8-16(19)11-14/h4,6,8,11,13,15,17,19H,3,5,7,9-10,12H2,1-2H3. The Hall–Kier alpha value is -1.06. The molecule has 1 aromatic rings. The molecule has 3 nitrogen and oxygen atoms in total. The van der Waals surface area contributed by atoms with Gasteiger partial charge in [0.05, 0.1) is 0 Å². The number of aromatic hydroxyl groups is 1. The van der Waals surface area contributed by atoms with Crippen LogP contribution in [-0.2, 0) is 0 Å². The normalized spacial score (nSPS) is 21.5. The fourth-order valence-corrected chi connectivity index (χ4v) is 3.04. The lowest BCUT2D eigenvalue weighted by Gasteiger charge is -2.39. The van der Waals surface area contributed by atoms with Crippen molar-refractivity contribution in [3.63, 3.8) is 0 Å². The van der Waals surface area contributed by atoms with E-state index in [9.17, 15) is 5.11 Å². The van der Waals surface area contributed by atoms with Crippen molar-refractivity contribution < 1.29 is 5.11 Å². The molecule has 2 N–H and O–H groups in total. The van der Waals surface area contributed by atoms with Gasteiger partial charge in [-0.3, -0.25) is 4.90 Å². The van der Waals surface area contributed by atoms with E-state index >= 15 is 0 Å². The summed E-state index contributed by atoms with van der Waals surface area (Å²) in [4.78, 5) is 2.58. The molecule has 1 saturated heterocycles. The Balaban J connectivity index is 2.12. The summed E-state index contributed by atoms with van der Waals surface area (Å²) in [5.74, 6) is 0.363. The molecule has 0 radical (unpaired) electrons. The summed E-state index contributed by atoms with van der Waals surface area (Å²) in [5, 5.41) is 13.2. The van der Waals surface area contributed by atoms with Crippen molar-refractivity contribution in [3.8, 4) is 5.75 Å². The summed E-state index contributed by atoms with van der Waals surface area (Å²) in [7, 11) is 0. The Bertz CT molecular complexity index is 388. The van der Waals surface area contributed by atoms with Crippen LogP contribution in [0, 0.1) is 0 Å². The molecule has 0 bridgehead atoms. The first kappa shape index (κ1) is 14.4. The second-order valence-corrected chi connectivity index (χ2v) is 5.51. The summed E-state index contributed by atoms with van der Waals surface area (Å²) in [6.07, 6.45) is 3.70. The highest BCUT2D eigenvalue weighted by molar-refractivity contribution is 5.29. The molecule has 1 aromatic carbocycles. The second-order valence-electron chi connectivity index (χ2n) is 5.51. The van der Waals surface area contributed by atoms with Crippen molar-refractivity contribution >= 4 is 0 Å². The van der Waals surface area contributed by atoms with Crippen LogP contribution < -0.4 is 5.32 Å². The lowest BCUT2D eigenvalue weighted by molar-refractivity contribution is 0.120. The fraction of sp³-hybridized carbons (Fsp3) is 0.625. The van der Waals surface area contributed by atoms with E-state index in [1.165, 1.54) is 24.8 Å². The van der Waals surface area contributed by atoms with Gasteiger partial charge in [0.2, 0.25) is 0 Å². The number of phenolic OH excluding ortho intramolecular Hbond substituents is 1. The van der Waals surface area contributed by atoms with Crippen molar-refractivity contribution in [1.82, 2.24) is 10.2 Å². The Kier molecular flexibility index (Phi) is 5.23. The first-order valence-electron chi connectivity index (χ1n) is 7.47. The van der Waals surface area contributed by atoms with Crippen molar-refractivity contribution in [2.24, 2.45) is 0 Å². The van der Waals surface area contributed by atoms with Crippen molar-refractivity contribution in [2.75, 3.05) is 19.6 Å². The molecule has 3 heteroatoms. The van der Waals surface area contributed by atoms with E-state index in [-0.39, 0.29) is 0 Å². The van der Waals surface area contributed by atoms with Gasteiger partial charge in [-0.25, -0.2) is 0 Å². The van der Waals surface area contributed by atoms with Crippen LogP contribution in [0.5, 0.6) is 5.75 Å². The second kappa shape index (κ2) is 6.92. The number of hydrogen-bond donors (Lipinski definition) is 2. The molecule has 2 rings (SSSR count). The van der Waals surface area contributed by atoms with Gasteiger partial charge in [0.1, 0.15) is 5.75 Å². The van der Waals surface area contributed by atoms with Gasteiger partial charge in [-0.2, -0.15) is 0 Å². The number of hydrogen-bond acceptors (Lipinski definition) is 3. The summed E-state index contributed by atoms with van der Waals surface area (Å²) in [6.45, 7) is 7.83. The molecule has 0 amide bonds. The summed E-state index contributed by atoms with van der Waals surface area (Å²) < 4.78 is 0. The van der Waals surface area contributed by atoms with E-state index in [4.69, 9.17) is 0 Å². The third kappa shape index (κ3) is 3.71. The van der Waals surface area contributed by atoms with Crippen LogP contribution in [0.1, 0.15) is 44.7 Å². The molecule has 0 aliphatic carbocycles. The Labute approximate surface area is 116 Å². The number of nitrogens with zero attached hydrogens (tertiary/aromatic N) is 1. The molecule has 0 spiro atoms. The lowest BCUT2D eigenvalue weighted by Crippen LogP contribution is -2.47. The summed E-state index contributed by atoms with van der Waals surface area (Å²) >= 11 is 0. The smallest absolute Gasteiger partial charge is 0.115 e. The fourth-order valence-electron chi connectivity index (χ4n) is 3.04. The van der Waals surface area contributed by atoms with Crippen LogP contribution in [0.15, 0.2) is 24.3 Å². The minimum Gasteiger partial charge on any atom is -0.508 e. The number of nitrogens with one attached hydrogen (secondary N) is 1. The Morgan fingerprint density at radius 1 is 1.47 bits per heavy atom. The minimum absolute atomic E-state index is 0.358. The third-order valence-electron chi connectivity index (χ3n) is 4.07. The highest BCUT2D eigenvalue weighted by Gasteiger charge is 2.25. The van der Waals surface area contributed by atoms with Gasteiger partial charge in [-0.05, 0) is 57.0 Å². The number of piperidine rings is 1. The van der Waals surface area contributed by atoms with E-state index in [0.29, 0.717) is 17.8 Å². The maximum Gasteiger partial charge on any atom is 0.115 e. The number of rotatable bonds is 5. The molecule has 1 aliphatic rings.